The molecular weight excluding hydrogens is 260 g/mol. The van der Waals surface area contributed by atoms with Crippen molar-refractivity contribution in [2.24, 2.45) is 5.73 Å². The molecule has 0 bridgehead atoms. The summed E-state index contributed by atoms with van der Waals surface area (Å²) in [6.45, 7) is 0.951. The predicted molar refractivity (Wildman–Crippen MR) is 85.3 cm³/mol. The summed E-state index contributed by atoms with van der Waals surface area (Å²) in [5.41, 5.74) is 8.35. The Morgan fingerprint density at radius 1 is 1.19 bits per heavy atom. The van der Waals surface area contributed by atoms with Gasteiger partial charge in [-0.25, -0.2) is 4.68 Å². The standard InChI is InChI=1S/C17H24N4/c1-20(16-9-7-15(18)8-10-16)12-14-11-19-21(13-14)17-5-3-2-4-6-17/h2-6,11,13,15-16H,7-10,12,18H2,1H3. The molecule has 1 aromatic carbocycles. The molecule has 112 valence electrons. The first-order valence-corrected chi connectivity index (χ1v) is 7.77. The van der Waals surface area contributed by atoms with Gasteiger partial charge in [0.2, 0.25) is 0 Å². The van der Waals surface area contributed by atoms with Crippen LogP contribution in [0, 0.1) is 0 Å². The van der Waals surface area contributed by atoms with Crippen LogP contribution in [0.4, 0.5) is 0 Å². The molecule has 0 aliphatic heterocycles. The molecule has 3 rings (SSSR count). The number of aromatic nitrogens is 2. The Kier molecular flexibility index (Phi) is 4.36. The van der Waals surface area contributed by atoms with Crippen molar-refractivity contribution in [1.29, 1.82) is 0 Å². The summed E-state index contributed by atoms with van der Waals surface area (Å²) in [6, 6.07) is 11.3. The van der Waals surface area contributed by atoms with E-state index >= 15 is 0 Å². The minimum Gasteiger partial charge on any atom is -0.328 e. The lowest BCUT2D eigenvalue weighted by atomic mass is 9.91. The molecule has 4 nitrogen and oxygen atoms in total. The normalized spacial score (nSPS) is 22.6. The van der Waals surface area contributed by atoms with Gasteiger partial charge in [0, 0.05) is 30.4 Å². The second-order valence-electron chi connectivity index (χ2n) is 6.11. The van der Waals surface area contributed by atoms with Crippen LogP contribution in [0.3, 0.4) is 0 Å². The Morgan fingerprint density at radius 3 is 2.62 bits per heavy atom. The molecule has 1 aromatic heterocycles. The van der Waals surface area contributed by atoms with Crippen LogP contribution in [0.2, 0.25) is 0 Å². The van der Waals surface area contributed by atoms with E-state index in [1.54, 1.807) is 0 Å². The first-order chi connectivity index (χ1) is 10.2. The Balaban J connectivity index is 1.62. The first-order valence-electron chi connectivity index (χ1n) is 7.77. The van der Waals surface area contributed by atoms with Crippen molar-refractivity contribution in [3.63, 3.8) is 0 Å². The Labute approximate surface area is 126 Å². The Bertz CT molecular complexity index is 555. The van der Waals surface area contributed by atoms with E-state index in [-0.39, 0.29) is 0 Å². The van der Waals surface area contributed by atoms with Crippen molar-refractivity contribution >= 4 is 0 Å². The van der Waals surface area contributed by atoms with Crippen LogP contribution in [-0.4, -0.2) is 33.8 Å². The van der Waals surface area contributed by atoms with Gasteiger partial charge in [-0.2, -0.15) is 5.10 Å². The van der Waals surface area contributed by atoms with Gasteiger partial charge in [0.1, 0.15) is 0 Å². The van der Waals surface area contributed by atoms with E-state index in [0.29, 0.717) is 12.1 Å². The monoisotopic (exact) mass is 284 g/mol. The van der Waals surface area contributed by atoms with Gasteiger partial charge in [-0.05, 0) is 44.9 Å². The molecular formula is C17H24N4. The number of nitrogens with two attached hydrogens (primary N) is 1. The fourth-order valence-electron chi connectivity index (χ4n) is 3.12. The number of nitrogens with zero attached hydrogens (tertiary/aromatic N) is 3. The highest BCUT2D eigenvalue weighted by atomic mass is 15.3. The average Bonchev–Trinajstić information content (AvgIpc) is 2.97. The quantitative estimate of drug-likeness (QED) is 0.938. The highest BCUT2D eigenvalue weighted by Crippen LogP contribution is 2.22. The predicted octanol–water partition coefficient (Wildman–Crippen LogP) is 2.57. The second kappa shape index (κ2) is 6.41. The van der Waals surface area contributed by atoms with Crippen LogP contribution in [0.5, 0.6) is 0 Å². The maximum atomic E-state index is 5.99. The van der Waals surface area contributed by atoms with E-state index in [4.69, 9.17) is 5.73 Å². The molecule has 0 amide bonds. The summed E-state index contributed by atoms with van der Waals surface area (Å²) in [4.78, 5) is 2.44. The fourth-order valence-corrected chi connectivity index (χ4v) is 3.12. The molecule has 21 heavy (non-hydrogen) atoms. The van der Waals surface area contributed by atoms with Crippen LogP contribution < -0.4 is 5.73 Å². The van der Waals surface area contributed by atoms with Crippen molar-refractivity contribution in [1.82, 2.24) is 14.7 Å². The summed E-state index contributed by atoms with van der Waals surface area (Å²) in [6.07, 6.45) is 8.82. The van der Waals surface area contributed by atoms with Gasteiger partial charge in [-0.15, -0.1) is 0 Å². The van der Waals surface area contributed by atoms with Gasteiger partial charge in [0.05, 0.1) is 11.9 Å². The number of benzene rings is 1. The molecule has 0 unspecified atom stereocenters. The highest BCUT2D eigenvalue weighted by Gasteiger charge is 2.22. The zero-order valence-corrected chi connectivity index (χ0v) is 12.7. The fraction of sp³-hybridized carbons (Fsp3) is 0.471. The topological polar surface area (TPSA) is 47.1 Å². The SMILES string of the molecule is CN(Cc1cnn(-c2ccccc2)c1)C1CCC(N)CC1. The van der Waals surface area contributed by atoms with E-state index < -0.39 is 0 Å². The van der Waals surface area contributed by atoms with E-state index in [2.05, 4.69) is 35.4 Å². The second-order valence-corrected chi connectivity index (χ2v) is 6.11. The molecule has 1 heterocycles. The molecule has 4 heteroatoms. The van der Waals surface area contributed by atoms with Crippen molar-refractivity contribution in [3.8, 4) is 5.69 Å². The summed E-state index contributed by atoms with van der Waals surface area (Å²) >= 11 is 0. The van der Waals surface area contributed by atoms with Gasteiger partial charge in [0.15, 0.2) is 0 Å². The smallest absolute Gasteiger partial charge is 0.0645 e. The van der Waals surface area contributed by atoms with Crippen LogP contribution in [0.25, 0.3) is 5.69 Å². The van der Waals surface area contributed by atoms with Crippen molar-refractivity contribution < 1.29 is 0 Å². The number of hydrogen-bond acceptors (Lipinski definition) is 3. The summed E-state index contributed by atoms with van der Waals surface area (Å²) in [5.74, 6) is 0. The largest absolute Gasteiger partial charge is 0.328 e. The first kappa shape index (κ1) is 14.3. The Hall–Kier alpha value is -1.65. The van der Waals surface area contributed by atoms with Crippen LogP contribution in [-0.2, 0) is 6.54 Å². The molecule has 2 N–H and O–H groups in total. The molecule has 1 aliphatic carbocycles. The van der Waals surface area contributed by atoms with Gasteiger partial charge in [0.25, 0.3) is 0 Å². The molecule has 1 saturated carbocycles. The van der Waals surface area contributed by atoms with E-state index in [1.807, 2.05) is 29.1 Å². The van der Waals surface area contributed by atoms with Gasteiger partial charge in [-0.3, -0.25) is 4.90 Å². The van der Waals surface area contributed by atoms with Gasteiger partial charge >= 0.3 is 0 Å². The lowest BCUT2D eigenvalue weighted by molar-refractivity contribution is 0.176. The number of hydrogen-bond donors (Lipinski definition) is 1. The third kappa shape index (κ3) is 3.52. The van der Waals surface area contributed by atoms with Gasteiger partial charge in [-0.1, -0.05) is 18.2 Å². The molecule has 0 spiro atoms. The zero-order chi connectivity index (χ0) is 14.7. The summed E-state index contributed by atoms with van der Waals surface area (Å²) in [5, 5.41) is 4.47. The molecule has 1 aliphatic rings. The summed E-state index contributed by atoms with van der Waals surface area (Å²) < 4.78 is 1.94. The molecule has 2 aromatic rings. The van der Waals surface area contributed by atoms with E-state index in [0.717, 1.165) is 25.1 Å². The lowest BCUT2D eigenvalue weighted by Crippen LogP contribution is -2.38. The third-order valence-electron chi connectivity index (χ3n) is 4.45. The molecule has 0 radical (unpaired) electrons. The lowest BCUT2D eigenvalue weighted by Gasteiger charge is -2.33. The average molecular weight is 284 g/mol. The third-order valence-corrected chi connectivity index (χ3v) is 4.45. The minimum atomic E-state index is 0.412. The maximum absolute atomic E-state index is 5.99. The maximum Gasteiger partial charge on any atom is 0.0645 e. The minimum absolute atomic E-state index is 0.412. The van der Waals surface area contributed by atoms with Crippen LogP contribution in [0.15, 0.2) is 42.7 Å². The van der Waals surface area contributed by atoms with Crippen LogP contribution in [0.1, 0.15) is 31.2 Å². The van der Waals surface area contributed by atoms with Crippen molar-refractivity contribution in [2.75, 3.05) is 7.05 Å². The van der Waals surface area contributed by atoms with Crippen LogP contribution >= 0.6 is 0 Å². The van der Waals surface area contributed by atoms with Gasteiger partial charge < -0.3 is 5.73 Å². The van der Waals surface area contributed by atoms with Crippen molar-refractivity contribution in [2.45, 2.75) is 44.3 Å². The van der Waals surface area contributed by atoms with Crippen molar-refractivity contribution in [3.05, 3.63) is 48.3 Å². The number of rotatable bonds is 4. The zero-order valence-electron chi connectivity index (χ0n) is 12.7. The molecule has 1 fully saturated rings. The Morgan fingerprint density at radius 2 is 1.90 bits per heavy atom. The highest BCUT2D eigenvalue weighted by molar-refractivity contribution is 5.30. The van der Waals surface area contributed by atoms with E-state index in [1.165, 1.54) is 18.4 Å². The van der Waals surface area contributed by atoms with E-state index in [9.17, 15) is 0 Å². The molecule has 0 saturated heterocycles. The summed E-state index contributed by atoms with van der Waals surface area (Å²) in [7, 11) is 2.21. The molecule has 0 atom stereocenters. The number of para-hydroxylation sites is 1.